The molecule has 20 heavy (non-hydrogen) atoms. The molecule has 4 nitrogen and oxygen atoms in total. The van der Waals surface area contributed by atoms with Gasteiger partial charge in [0.05, 0.1) is 12.7 Å². The Bertz CT molecular complexity index is 515. The van der Waals surface area contributed by atoms with Gasteiger partial charge in [-0.2, -0.15) is 0 Å². The molecule has 3 N–H and O–H groups in total. The van der Waals surface area contributed by atoms with Crippen LogP contribution in [0.25, 0.3) is 0 Å². The number of carbonyl (C=O) groups is 1. The first kappa shape index (κ1) is 13.6. The normalized spacial score (nSPS) is 27.6. The fraction of sp³-hybridized carbons (Fsp3) is 0.562. The quantitative estimate of drug-likeness (QED) is 0.870. The van der Waals surface area contributed by atoms with Crippen molar-refractivity contribution >= 4 is 11.6 Å². The summed E-state index contributed by atoms with van der Waals surface area (Å²) in [5, 5.41) is 2.96. The summed E-state index contributed by atoms with van der Waals surface area (Å²) in [7, 11) is 0. The molecule has 0 aromatic heterocycles. The zero-order valence-electron chi connectivity index (χ0n) is 11.9. The van der Waals surface area contributed by atoms with Crippen molar-refractivity contribution in [3.05, 3.63) is 29.3 Å². The van der Waals surface area contributed by atoms with Crippen LogP contribution in [-0.4, -0.2) is 18.6 Å². The van der Waals surface area contributed by atoms with Crippen LogP contribution in [0, 0.1) is 5.92 Å². The van der Waals surface area contributed by atoms with Gasteiger partial charge in [-0.25, -0.2) is 0 Å². The van der Waals surface area contributed by atoms with Crippen molar-refractivity contribution in [1.82, 2.24) is 0 Å². The first-order chi connectivity index (χ1) is 9.63. The smallest absolute Gasteiger partial charge is 0.224 e. The van der Waals surface area contributed by atoms with Gasteiger partial charge in [0.15, 0.2) is 0 Å². The van der Waals surface area contributed by atoms with Crippen molar-refractivity contribution in [2.24, 2.45) is 11.7 Å². The molecule has 1 aromatic rings. The average molecular weight is 274 g/mol. The predicted molar refractivity (Wildman–Crippen MR) is 78.5 cm³/mol. The van der Waals surface area contributed by atoms with E-state index in [-0.39, 0.29) is 11.9 Å². The third-order valence-corrected chi connectivity index (χ3v) is 4.38. The Hall–Kier alpha value is -1.39. The molecule has 3 atom stereocenters. The maximum atomic E-state index is 11.6. The molecule has 0 saturated carbocycles. The van der Waals surface area contributed by atoms with Crippen molar-refractivity contribution in [3.63, 3.8) is 0 Å². The molecule has 3 rings (SSSR count). The van der Waals surface area contributed by atoms with Crippen molar-refractivity contribution in [3.8, 4) is 0 Å². The largest absolute Gasteiger partial charge is 0.378 e. The molecule has 108 valence electrons. The number of ether oxygens (including phenoxy) is 1. The van der Waals surface area contributed by atoms with Crippen molar-refractivity contribution in [2.45, 2.75) is 44.8 Å². The number of carbonyl (C=O) groups excluding carboxylic acids is 1. The highest BCUT2D eigenvalue weighted by molar-refractivity contribution is 5.92. The van der Waals surface area contributed by atoms with Gasteiger partial charge in [-0.05, 0) is 43.4 Å². The van der Waals surface area contributed by atoms with E-state index in [2.05, 4.69) is 18.3 Å². The summed E-state index contributed by atoms with van der Waals surface area (Å²) in [6.45, 7) is 2.84. The molecule has 2 aliphatic rings. The Morgan fingerprint density at radius 2 is 2.25 bits per heavy atom. The Labute approximate surface area is 119 Å². The minimum atomic E-state index is 0.0178. The number of nitrogens with two attached hydrogens (primary N) is 1. The Morgan fingerprint density at radius 3 is 3.00 bits per heavy atom. The molecular formula is C16H22N2O2. The summed E-state index contributed by atoms with van der Waals surface area (Å²) in [6.07, 6.45) is 3.78. The number of hydrogen-bond donors (Lipinski definition) is 2. The zero-order chi connectivity index (χ0) is 14.1. The van der Waals surface area contributed by atoms with Gasteiger partial charge < -0.3 is 15.8 Å². The molecule has 4 heteroatoms. The highest BCUT2D eigenvalue weighted by Crippen LogP contribution is 2.32. The number of hydrogen-bond acceptors (Lipinski definition) is 3. The molecule has 0 spiro atoms. The number of rotatable bonds is 2. The molecule has 1 aromatic carbocycles. The average Bonchev–Trinajstić information content (AvgIpc) is 2.77. The van der Waals surface area contributed by atoms with E-state index in [1.165, 1.54) is 5.56 Å². The summed E-state index contributed by atoms with van der Waals surface area (Å²) in [4.78, 5) is 11.6. The highest BCUT2D eigenvalue weighted by Gasteiger charge is 2.28. The Morgan fingerprint density at radius 1 is 1.40 bits per heavy atom. The van der Waals surface area contributed by atoms with Crippen molar-refractivity contribution < 1.29 is 9.53 Å². The minimum Gasteiger partial charge on any atom is -0.378 e. The number of benzene rings is 1. The second kappa shape index (κ2) is 5.54. The zero-order valence-corrected chi connectivity index (χ0v) is 11.9. The van der Waals surface area contributed by atoms with Crippen LogP contribution in [0.1, 0.15) is 43.4 Å². The van der Waals surface area contributed by atoms with Gasteiger partial charge in [0.25, 0.3) is 0 Å². The number of aryl methyl sites for hydroxylation is 1. The lowest BCUT2D eigenvalue weighted by Crippen LogP contribution is -2.22. The van der Waals surface area contributed by atoms with Crippen LogP contribution in [0.3, 0.4) is 0 Å². The van der Waals surface area contributed by atoms with Gasteiger partial charge in [0.2, 0.25) is 5.91 Å². The van der Waals surface area contributed by atoms with Crippen LogP contribution in [0.5, 0.6) is 0 Å². The summed E-state index contributed by atoms with van der Waals surface area (Å²) >= 11 is 0. The standard InChI is InChI=1S/C16H22N2O2/c1-10-7-13(9-20-10)16(17)12-5-6-14-11(8-12)3-2-4-15(19)18-14/h5-6,8,10,13,16H,2-4,7,9,17H2,1H3,(H,18,19). The summed E-state index contributed by atoms with van der Waals surface area (Å²) in [5.74, 6) is 0.502. The van der Waals surface area contributed by atoms with Crippen LogP contribution in [-0.2, 0) is 16.0 Å². The molecule has 0 radical (unpaired) electrons. The molecule has 1 amide bonds. The number of amides is 1. The van der Waals surface area contributed by atoms with E-state index >= 15 is 0 Å². The lowest BCUT2D eigenvalue weighted by atomic mass is 9.90. The Kier molecular flexibility index (Phi) is 3.76. The molecule has 1 fully saturated rings. The van der Waals surface area contributed by atoms with E-state index in [4.69, 9.17) is 10.5 Å². The van der Waals surface area contributed by atoms with Gasteiger partial charge in [-0.1, -0.05) is 12.1 Å². The molecule has 2 heterocycles. The fourth-order valence-corrected chi connectivity index (χ4v) is 3.17. The van der Waals surface area contributed by atoms with Crippen LogP contribution in [0.15, 0.2) is 18.2 Å². The lowest BCUT2D eigenvalue weighted by Gasteiger charge is -2.20. The summed E-state index contributed by atoms with van der Waals surface area (Å²) < 4.78 is 5.62. The third kappa shape index (κ3) is 2.72. The van der Waals surface area contributed by atoms with Crippen molar-refractivity contribution in [1.29, 1.82) is 0 Å². The fourth-order valence-electron chi connectivity index (χ4n) is 3.17. The monoisotopic (exact) mass is 274 g/mol. The second-order valence-corrected chi connectivity index (χ2v) is 5.98. The van der Waals surface area contributed by atoms with Gasteiger partial charge in [-0.15, -0.1) is 0 Å². The van der Waals surface area contributed by atoms with E-state index in [9.17, 15) is 4.79 Å². The molecule has 3 unspecified atom stereocenters. The maximum Gasteiger partial charge on any atom is 0.224 e. The first-order valence-corrected chi connectivity index (χ1v) is 7.43. The van der Waals surface area contributed by atoms with Gasteiger partial charge in [-0.3, -0.25) is 4.79 Å². The first-order valence-electron chi connectivity index (χ1n) is 7.43. The maximum absolute atomic E-state index is 11.6. The van der Waals surface area contributed by atoms with E-state index in [0.29, 0.717) is 18.4 Å². The molecule has 0 aliphatic carbocycles. The van der Waals surface area contributed by atoms with Crippen LogP contribution in [0.2, 0.25) is 0 Å². The van der Waals surface area contributed by atoms with Crippen LogP contribution >= 0.6 is 0 Å². The lowest BCUT2D eigenvalue weighted by molar-refractivity contribution is -0.116. The van der Waals surface area contributed by atoms with Gasteiger partial charge >= 0.3 is 0 Å². The summed E-state index contributed by atoms with van der Waals surface area (Å²) in [5.41, 5.74) is 9.70. The second-order valence-electron chi connectivity index (χ2n) is 5.98. The molecular weight excluding hydrogens is 252 g/mol. The highest BCUT2D eigenvalue weighted by atomic mass is 16.5. The number of anilines is 1. The topological polar surface area (TPSA) is 64.4 Å². The number of fused-ring (bicyclic) bond motifs is 1. The molecule has 0 bridgehead atoms. The summed E-state index contributed by atoms with van der Waals surface area (Å²) in [6, 6.07) is 6.21. The van der Waals surface area contributed by atoms with Crippen molar-refractivity contribution in [2.75, 3.05) is 11.9 Å². The molecule has 2 aliphatic heterocycles. The van der Waals surface area contributed by atoms with Gasteiger partial charge in [0.1, 0.15) is 0 Å². The van der Waals surface area contributed by atoms with Crippen LogP contribution in [0.4, 0.5) is 5.69 Å². The van der Waals surface area contributed by atoms with E-state index in [0.717, 1.165) is 37.1 Å². The third-order valence-electron chi connectivity index (χ3n) is 4.38. The predicted octanol–water partition coefficient (Wildman–Crippen LogP) is 2.39. The molecule has 1 saturated heterocycles. The van der Waals surface area contributed by atoms with E-state index in [1.807, 2.05) is 12.1 Å². The van der Waals surface area contributed by atoms with E-state index < -0.39 is 0 Å². The van der Waals surface area contributed by atoms with Gasteiger partial charge in [0, 0.05) is 24.1 Å². The van der Waals surface area contributed by atoms with E-state index in [1.54, 1.807) is 0 Å². The van der Waals surface area contributed by atoms with Crippen LogP contribution < -0.4 is 11.1 Å². The SMILES string of the molecule is CC1CC(C(N)c2ccc3c(c2)CCCC(=O)N3)CO1. The minimum absolute atomic E-state index is 0.0178. The number of nitrogens with one attached hydrogen (secondary N) is 1. The Balaban J connectivity index is 1.81.